The summed E-state index contributed by atoms with van der Waals surface area (Å²) in [7, 11) is 0. The topological polar surface area (TPSA) is 0 Å². The normalized spacial score (nSPS) is 27.9. The summed E-state index contributed by atoms with van der Waals surface area (Å²) in [5.41, 5.74) is 3.03. The molecular formula is C12H14Br2. The largest absolute Gasteiger partial charge is 0.0839 e. The molecule has 14 heavy (non-hydrogen) atoms. The van der Waals surface area contributed by atoms with Gasteiger partial charge >= 0.3 is 0 Å². The van der Waals surface area contributed by atoms with Crippen molar-refractivity contribution in [1.29, 1.82) is 0 Å². The summed E-state index contributed by atoms with van der Waals surface area (Å²) in [5.74, 6) is 0. The van der Waals surface area contributed by atoms with Crippen molar-refractivity contribution in [2.24, 2.45) is 0 Å². The van der Waals surface area contributed by atoms with E-state index in [1.54, 1.807) is 0 Å². The Morgan fingerprint density at radius 3 is 2.86 bits per heavy atom. The minimum atomic E-state index is 0.574. The first kappa shape index (κ1) is 10.7. The van der Waals surface area contributed by atoms with E-state index in [0.29, 0.717) is 4.83 Å². The lowest BCUT2D eigenvalue weighted by Gasteiger charge is -2.23. The zero-order valence-corrected chi connectivity index (χ0v) is 11.3. The molecule has 2 rings (SSSR count). The van der Waals surface area contributed by atoms with Crippen LogP contribution in [0.25, 0.3) is 0 Å². The van der Waals surface area contributed by atoms with Crippen molar-refractivity contribution >= 4 is 31.9 Å². The monoisotopic (exact) mass is 316 g/mol. The minimum absolute atomic E-state index is 0.574. The molecule has 1 atom stereocenters. The van der Waals surface area contributed by atoms with E-state index in [9.17, 15) is 0 Å². The summed E-state index contributed by atoms with van der Waals surface area (Å²) >= 11 is 7.42. The van der Waals surface area contributed by atoms with Crippen LogP contribution in [0, 0.1) is 0 Å². The molecule has 0 aliphatic heterocycles. The molecule has 0 fully saturated rings. The van der Waals surface area contributed by atoms with Gasteiger partial charge in [0.25, 0.3) is 0 Å². The molecule has 0 saturated heterocycles. The summed E-state index contributed by atoms with van der Waals surface area (Å²) in [6.45, 7) is 0. The summed E-state index contributed by atoms with van der Waals surface area (Å²) in [6, 6.07) is 0. The van der Waals surface area contributed by atoms with Crippen LogP contribution in [-0.2, 0) is 0 Å². The van der Waals surface area contributed by atoms with Gasteiger partial charge in [0.15, 0.2) is 0 Å². The predicted octanol–water partition coefficient (Wildman–Crippen LogP) is 4.86. The molecule has 76 valence electrons. The van der Waals surface area contributed by atoms with Gasteiger partial charge in [-0.1, -0.05) is 50.1 Å². The third kappa shape index (κ3) is 2.22. The van der Waals surface area contributed by atoms with Crippen molar-refractivity contribution in [1.82, 2.24) is 0 Å². The summed E-state index contributed by atoms with van der Waals surface area (Å²) in [6.07, 6.45) is 13.0. The van der Waals surface area contributed by atoms with E-state index in [4.69, 9.17) is 0 Å². The summed E-state index contributed by atoms with van der Waals surface area (Å²) < 4.78 is 1.28. The lowest BCUT2D eigenvalue weighted by molar-refractivity contribution is 0.716. The minimum Gasteiger partial charge on any atom is -0.0839 e. The second-order valence-corrected chi connectivity index (χ2v) is 5.79. The van der Waals surface area contributed by atoms with Gasteiger partial charge in [0, 0.05) is 9.31 Å². The molecule has 2 aliphatic carbocycles. The zero-order valence-electron chi connectivity index (χ0n) is 8.10. The van der Waals surface area contributed by atoms with Gasteiger partial charge < -0.3 is 0 Å². The molecule has 0 aromatic carbocycles. The van der Waals surface area contributed by atoms with Crippen molar-refractivity contribution in [3.63, 3.8) is 0 Å². The van der Waals surface area contributed by atoms with Crippen LogP contribution < -0.4 is 0 Å². The maximum Gasteiger partial charge on any atom is 0.0395 e. The number of hydrogen-bond acceptors (Lipinski definition) is 0. The summed E-state index contributed by atoms with van der Waals surface area (Å²) in [5, 5.41) is 0. The second-order valence-electron chi connectivity index (χ2n) is 3.83. The smallest absolute Gasteiger partial charge is 0.0395 e. The van der Waals surface area contributed by atoms with E-state index in [2.05, 4.69) is 50.1 Å². The van der Waals surface area contributed by atoms with Crippen LogP contribution in [-0.4, -0.2) is 4.83 Å². The highest BCUT2D eigenvalue weighted by molar-refractivity contribution is 9.12. The van der Waals surface area contributed by atoms with Crippen molar-refractivity contribution in [2.45, 2.75) is 36.9 Å². The fourth-order valence-electron chi connectivity index (χ4n) is 2.07. The molecule has 0 amide bonds. The van der Waals surface area contributed by atoms with Gasteiger partial charge in [-0.2, -0.15) is 0 Å². The van der Waals surface area contributed by atoms with Gasteiger partial charge in [0.1, 0.15) is 0 Å². The Morgan fingerprint density at radius 2 is 2.14 bits per heavy atom. The quantitative estimate of drug-likeness (QED) is 0.606. The number of alkyl halides is 1. The van der Waals surface area contributed by atoms with Crippen molar-refractivity contribution in [3.8, 4) is 0 Å². The average Bonchev–Trinajstić information content (AvgIpc) is 2.20. The molecule has 1 unspecified atom stereocenters. The van der Waals surface area contributed by atoms with Crippen LogP contribution in [0.3, 0.4) is 0 Å². The molecule has 2 aliphatic rings. The van der Waals surface area contributed by atoms with Gasteiger partial charge in [-0.25, -0.2) is 0 Å². The molecule has 0 radical (unpaired) electrons. The van der Waals surface area contributed by atoms with E-state index >= 15 is 0 Å². The Morgan fingerprint density at radius 1 is 1.29 bits per heavy atom. The standard InChI is InChI=1S/C12H14Br2/c13-11-7-3-1-5-9(11)10-6-2-4-8-12(10)14/h3,6-7,12H,1-2,4-5,8H2. The Kier molecular flexibility index (Phi) is 3.67. The first-order valence-electron chi connectivity index (χ1n) is 5.18. The lowest BCUT2D eigenvalue weighted by Crippen LogP contribution is -2.11. The molecule has 0 spiro atoms. The first-order valence-corrected chi connectivity index (χ1v) is 6.89. The number of hydrogen-bond donors (Lipinski definition) is 0. The fourth-order valence-corrected chi connectivity index (χ4v) is 3.47. The highest BCUT2D eigenvalue weighted by Crippen LogP contribution is 2.37. The highest BCUT2D eigenvalue weighted by atomic mass is 79.9. The molecule has 0 aromatic heterocycles. The van der Waals surface area contributed by atoms with Gasteiger partial charge in [-0.3, -0.25) is 0 Å². The van der Waals surface area contributed by atoms with E-state index in [1.807, 2.05) is 0 Å². The van der Waals surface area contributed by atoms with Crippen molar-refractivity contribution in [2.75, 3.05) is 0 Å². The molecule has 0 aromatic rings. The predicted molar refractivity (Wildman–Crippen MR) is 69.0 cm³/mol. The van der Waals surface area contributed by atoms with Crippen LogP contribution >= 0.6 is 31.9 Å². The maximum absolute atomic E-state index is 3.77. The number of halogens is 2. The van der Waals surface area contributed by atoms with Gasteiger partial charge in [0.2, 0.25) is 0 Å². The first-order chi connectivity index (χ1) is 6.79. The summed E-state index contributed by atoms with van der Waals surface area (Å²) in [4.78, 5) is 0.574. The van der Waals surface area contributed by atoms with Crippen LogP contribution in [0.15, 0.2) is 33.9 Å². The van der Waals surface area contributed by atoms with E-state index in [-0.39, 0.29) is 0 Å². The SMILES string of the molecule is BrC1=C(C2=CCCCC2Br)CCC=C1. The zero-order chi connectivity index (χ0) is 9.97. The van der Waals surface area contributed by atoms with Crippen LogP contribution in [0.5, 0.6) is 0 Å². The fraction of sp³-hybridized carbons (Fsp3) is 0.500. The van der Waals surface area contributed by atoms with Crippen LogP contribution in [0.2, 0.25) is 0 Å². The molecule has 0 bridgehead atoms. The van der Waals surface area contributed by atoms with E-state index in [0.717, 1.165) is 0 Å². The van der Waals surface area contributed by atoms with E-state index < -0.39 is 0 Å². The molecule has 2 heteroatoms. The average molecular weight is 318 g/mol. The third-order valence-electron chi connectivity index (χ3n) is 2.83. The van der Waals surface area contributed by atoms with Crippen LogP contribution in [0.1, 0.15) is 32.1 Å². The Labute approximate surface area is 102 Å². The second kappa shape index (κ2) is 4.80. The van der Waals surface area contributed by atoms with Crippen molar-refractivity contribution < 1.29 is 0 Å². The Balaban J connectivity index is 2.29. The van der Waals surface area contributed by atoms with Gasteiger partial charge in [-0.15, -0.1) is 0 Å². The third-order valence-corrected chi connectivity index (χ3v) is 4.52. The van der Waals surface area contributed by atoms with E-state index in [1.165, 1.54) is 47.7 Å². The molecule has 0 N–H and O–H groups in total. The van der Waals surface area contributed by atoms with Crippen molar-refractivity contribution in [3.05, 3.63) is 33.9 Å². The number of rotatable bonds is 1. The highest BCUT2D eigenvalue weighted by Gasteiger charge is 2.20. The molecule has 0 saturated carbocycles. The van der Waals surface area contributed by atoms with Gasteiger partial charge in [0.05, 0.1) is 0 Å². The maximum atomic E-state index is 3.77. The number of allylic oxidation sites excluding steroid dienone is 6. The van der Waals surface area contributed by atoms with Gasteiger partial charge in [-0.05, 0) is 43.3 Å². The molecule has 0 heterocycles. The Hall–Kier alpha value is 0.180. The molecule has 0 nitrogen and oxygen atoms in total. The lowest BCUT2D eigenvalue weighted by atomic mass is 9.89. The van der Waals surface area contributed by atoms with Crippen LogP contribution in [0.4, 0.5) is 0 Å². The Bertz CT molecular complexity index is 310. The molecular weight excluding hydrogens is 304 g/mol.